The Hall–Kier alpha value is -1.62. The summed E-state index contributed by atoms with van der Waals surface area (Å²) < 4.78 is 18.2. The number of hydrogen-bond donors (Lipinski definition) is 1. The number of nitrogens with one attached hydrogen (secondary N) is 1. The molecule has 24 heavy (non-hydrogen) atoms. The number of nitrogens with zero attached hydrogens (tertiary/aromatic N) is 1. The number of amides is 1. The van der Waals surface area contributed by atoms with Crippen LogP contribution < -0.4 is 5.32 Å². The minimum Gasteiger partial charge on any atom is -0.444 e. The molecule has 0 aromatic heterocycles. The molecule has 1 aromatic rings. The third-order valence-electron chi connectivity index (χ3n) is 4.25. The summed E-state index contributed by atoms with van der Waals surface area (Å²) in [6.07, 6.45) is 2.93. The molecule has 1 aliphatic heterocycles. The predicted octanol–water partition coefficient (Wildman–Crippen LogP) is 3.95. The molecule has 2 rings (SSSR count). The number of carbonyl (C=O) groups is 1. The van der Waals surface area contributed by atoms with Crippen molar-refractivity contribution in [3.8, 4) is 0 Å². The highest BCUT2D eigenvalue weighted by Gasteiger charge is 2.20. The average molecular weight is 336 g/mol. The summed E-state index contributed by atoms with van der Waals surface area (Å²) in [5.74, 6) is 0.458. The van der Waals surface area contributed by atoms with Gasteiger partial charge in [-0.15, -0.1) is 0 Å². The largest absolute Gasteiger partial charge is 0.444 e. The molecule has 0 bridgehead atoms. The molecular weight excluding hydrogens is 307 g/mol. The number of benzene rings is 1. The van der Waals surface area contributed by atoms with Gasteiger partial charge in [-0.2, -0.15) is 0 Å². The maximum absolute atomic E-state index is 12.9. The van der Waals surface area contributed by atoms with E-state index < -0.39 is 5.60 Å². The van der Waals surface area contributed by atoms with Gasteiger partial charge in [-0.05, 0) is 76.7 Å². The van der Waals surface area contributed by atoms with E-state index >= 15 is 0 Å². The fraction of sp³-hybridized carbons (Fsp3) is 0.632. The van der Waals surface area contributed by atoms with E-state index in [0.29, 0.717) is 12.5 Å². The van der Waals surface area contributed by atoms with E-state index in [9.17, 15) is 9.18 Å². The molecule has 1 aliphatic rings. The maximum atomic E-state index is 12.9. The third kappa shape index (κ3) is 6.87. The zero-order valence-electron chi connectivity index (χ0n) is 15.0. The van der Waals surface area contributed by atoms with Gasteiger partial charge in [0.1, 0.15) is 11.4 Å². The minimum absolute atomic E-state index is 0.185. The summed E-state index contributed by atoms with van der Waals surface area (Å²) in [4.78, 5) is 14.0. The Bertz CT molecular complexity index is 517. The second-order valence-corrected chi connectivity index (χ2v) is 7.56. The van der Waals surface area contributed by atoms with Gasteiger partial charge in [-0.25, -0.2) is 9.18 Å². The van der Waals surface area contributed by atoms with E-state index in [4.69, 9.17) is 4.74 Å². The Morgan fingerprint density at radius 1 is 1.25 bits per heavy atom. The molecule has 0 radical (unpaired) electrons. The molecule has 0 saturated carbocycles. The predicted molar refractivity (Wildman–Crippen MR) is 93.3 cm³/mol. The lowest BCUT2D eigenvalue weighted by atomic mass is 9.93. The number of ether oxygens (including phenoxy) is 1. The number of carbonyl (C=O) groups excluding carboxylic acids is 1. The summed E-state index contributed by atoms with van der Waals surface area (Å²) in [5.41, 5.74) is 0.705. The van der Waals surface area contributed by atoms with Crippen LogP contribution in [0.2, 0.25) is 0 Å². The first kappa shape index (κ1) is 18.7. The average Bonchev–Trinajstić information content (AvgIpc) is 2.49. The number of alkyl carbamates (subject to hydrolysis) is 1. The van der Waals surface area contributed by atoms with Crippen molar-refractivity contribution in [3.63, 3.8) is 0 Å². The maximum Gasteiger partial charge on any atom is 0.407 e. The Morgan fingerprint density at radius 3 is 2.46 bits per heavy atom. The molecule has 1 aromatic carbocycles. The van der Waals surface area contributed by atoms with Crippen LogP contribution in [0.1, 0.15) is 45.6 Å². The minimum atomic E-state index is -0.449. The van der Waals surface area contributed by atoms with Crippen molar-refractivity contribution < 1.29 is 13.9 Å². The lowest BCUT2D eigenvalue weighted by molar-refractivity contribution is 0.0522. The van der Waals surface area contributed by atoms with Crippen LogP contribution in [-0.2, 0) is 11.3 Å². The Kier molecular flexibility index (Phi) is 6.60. The van der Waals surface area contributed by atoms with Gasteiger partial charge in [0.05, 0.1) is 0 Å². The SMILES string of the molecule is CC(C)(C)OC(=O)NCCC1CCN(Cc2ccc(F)cc2)CC1. The van der Waals surface area contributed by atoms with Gasteiger partial charge >= 0.3 is 6.09 Å². The van der Waals surface area contributed by atoms with Crippen molar-refractivity contribution in [1.29, 1.82) is 0 Å². The summed E-state index contributed by atoms with van der Waals surface area (Å²) in [6.45, 7) is 9.24. The standard InChI is InChI=1S/C19H29FN2O2/c1-19(2,3)24-18(23)21-11-8-15-9-12-22(13-10-15)14-16-4-6-17(20)7-5-16/h4-7,15H,8-14H2,1-3H3,(H,21,23). The zero-order chi connectivity index (χ0) is 17.6. The molecule has 0 atom stereocenters. The highest BCUT2D eigenvalue weighted by Crippen LogP contribution is 2.21. The van der Waals surface area contributed by atoms with E-state index in [1.165, 1.54) is 12.1 Å². The lowest BCUT2D eigenvalue weighted by Crippen LogP contribution is -2.36. The van der Waals surface area contributed by atoms with Crippen molar-refractivity contribution >= 4 is 6.09 Å². The number of rotatable bonds is 5. The Morgan fingerprint density at radius 2 is 1.88 bits per heavy atom. The molecule has 1 saturated heterocycles. The highest BCUT2D eigenvalue weighted by molar-refractivity contribution is 5.67. The first-order valence-corrected chi connectivity index (χ1v) is 8.75. The molecular formula is C19H29FN2O2. The monoisotopic (exact) mass is 336 g/mol. The summed E-state index contributed by atoms with van der Waals surface area (Å²) >= 11 is 0. The van der Waals surface area contributed by atoms with Crippen molar-refractivity contribution in [2.45, 2.75) is 52.2 Å². The van der Waals surface area contributed by atoms with Gasteiger partial charge in [-0.3, -0.25) is 4.90 Å². The Labute approximate surface area is 144 Å². The van der Waals surface area contributed by atoms with Gasteiger partial charge in [0.25, 0.3) is 0 Å². The topological polar surface area (TPSA) is 41.6 Å². The Balaban J connectivity index is 1.62. The number of hydrogen-bond acceptors (Lipinski definition) is 3. The van der Waals surface area contributed by atoms with Gasteiger partial charge in [0, 0.05) is 13.1 Å². The second-order valence-electron chi connectivity index (χ2n) is 7.56. The van der Waals surface area contributed by atoms with Crippen LogP contribution in [0.15, 0.2) is 24.3 Å². The molecule has 134 valence electrons. The van der Waals surface area contributed by atoms with E-state index in [1.807, 2.05) is 32.9 Å². The van der Waals surface area contributed by atoms with Crippen LogP contribution in [0, 0.1) is 11.7 Å². The molecule has 1 heterocycles. The molecule has 0 aliphatic carbocycles. The van der Waals surface area contributed by atoms with Crippen LogP contribution in [0.5, 0.6) is 0 Å². The van der Waals surface area contributed by atoms with Crippen LogP contribution in [-0.4, -0.2) is 36.2 Å². The quantitative estimate of drug-likeness (QED) is 0.885. The lowest BCUT2D eigenvalue weighted by Gasteiger charge is -2.32. The van der Waals surface area contributed by atoms with E-state index in [1.54, 1.807) is 0 Å². The molecule has 4 nitrogen and oxygen atoms in total. The summed E-state index contributed by atoms with van der Waals surface area (Å²) in [5, 5.41) is 2.83. The van der Waals surface area contributed by atoms with Crippen LogP contribution in [0.3, 0.4) is 0 Å². The fourth-order valence-electron chi connectivity index (χ4n) is 2.97. The number of likely N-dealkylation sites (tertiary alicyclic amines) is 1. The van der Waals surface area contributed by atoms with Crippen molar-refractivity contribution in [2.75, 3.05) is 19.6 Å². The van der Waals surface area contributed by atoms with E-state index in [-0.39, 0.29) is 11.9 Å². The molecule has 1 fully saturated rings. The van der Waals surface area contributed by atoms with Gasteiger partial charge in [0.2, 0.25) is 0 Å². The first-order valence-electron chi connectivity index (χ1n) is 8.75. The normalized spacial score (nSPS) is 16.8. The van der Waals surface area contributed by atoms with Gasteiger partial charge < -0.3 is 10.1 Å². The van der Waals surface area contributed by atoms with Crippen molar-refractivity contribution in [1.82, 2.24) is 10.2 Å². The van der Waals surface area contributed by atoms with Crippen LogP contribution >= 0.6 is 0 Å². The van der Waals surface area contributed by atoms with Crippen molar-refractivity contribution in [3.05, 3.63) is 35.6 Å². The van der Waals surface area contributed by atoms with Crippen molar-refractivity contribution in [2.24, 2.45) is 5.92 Å². The molecule has 0 unspecified atom stereocenters. The highest BCUT2D eigenvalue weighted by atomic mass is 19.1. The van der Waals surface area contributed by atoms with E-state index in [0.717, 1.165) is 44.5 Å². The van der Waals surface area contributed by atoms with Gasteiger partial charge in [-0.1, -0.05) is 12.1 Å². The summed E-state index contributed by atoms with van der Waals surface area (Å²) in [6, 6.07) is 6.74. The first-order chi connectivity index (χ1) is 11.3. The molecule has 1 amide bonds. The fourth-order valence-corrected chi connectivity index (χ4v) is 2.97. The van der Waals surface area contributed by atoms with Gasteiger partial charge in [0.15, 0.2) is 0 Å². The molecule has 1 N–H and O–H groups in total. The molecule has 0 spiro atoms. The van der Waals surface area contributed by atoms with Crippen LogP contribution in [0.4, 0.5) is 9.18 Å². The third-order valence-corrected chi connectivity index (χ3v) is 4.25. The molecule has 5 heteroatoms. The van der Waals surface area contributed by atoms with E-state index in [2.05, 4.69) is 10.2 Å². The summed E-state index contributed by atoms with van der Waals surface area (Å²) in [7, 11) is 0. The zero-order valence-corrected chi connectivity index (χ0v) is 15.0. The second kappa shape index (κ2) is 8.47. The number of halogens is 1. The smallest absolute Gasteiger partial charge is 0.407 e. The number of piperidine rings is 1. The van der Waals surface area contributed by atoms with Crippen LogP contribution in [0.25, 0.3) is 0 Å².